The van der Waals surface area contributed by atoms with E-state index in [2.05, 4.69) is 46.7 Å². The Morgan fingerprint density at radius 1 is 1.26 bits per heavy atom. The highest BCUT2D eigenvalue weighted by Crippen LogP contribution is 2.20. The lowest BCUT2D eigenvalue weighted by Crippen LogP contribution is -2.37. The largest absolute Gasteiger partial charge is 0.352 e. The third kappa shape index (κ3) is 5.96. The van der Waals surface area contributed by atoms with E-state index < -0.39 is 0 Å². The summed E-state index contributed by atoms with van der Waals surface area (Å²) in [6.45, 7) is 6.03. The molecule has 1 fully saturated rings. The lowest BCUT2D eigenvalue weighted by molar-refractivity contribution is -0.121. The van der Waals surface area contributed by atoms with Gasteiger partial charge in [0.25, 0.3) is 0 Å². The Morgan fingerprint density at radius 3 is 2.78 bits per heavy atom. The predicted octanol–water partition coefficient (Wildman–Crippen LogP) is 2.68. The van der Waals surface area contributed by atoms with Gasteiger partial charge in [-0.1, -0.05) is 30.7 Å². The molecule has 0 spiro atoms. The fourth-order valence-corrected chi connectivity index (χ4v) is 3.20. The van der Waals surface area contributed by atoms with Crippen molar-refractivity contribution >= 4 is 5.91 Å². The van der Waals surface area contributed by atoms with Crippen molar-refractivity contribution in [2.75, 3.05) is 20.1 Å². The minimum absolute atomic E-state index is 0.140. The van der Waals surface area contributed by atoms with Gasteiger partial charge in [0, 0.05) is 25.6 Å². The molecule has 2 rings (SSSR count). The van der Waals surface area contributed by atoms with Gasteiger partial charge in [0.2, 0.25) is 5.91 Å². The maximum absolute atomic E-state index is 11.9. The molecule has 1 aliphatic rings. The normalized spacial score (nSPS) is 18.8. The van der Waals surface area contributed by atoms with Crippen LogP contribution in [0, 0.1) is 0 Å². The highest BCUT2D eigenvalue weighted by molar-refractivity contribution is 5.75. The average molecular weight is 317 g/mol. The van der Waals surface area contributed by atoms with Crippen LogP contribution in [0.15, 0.2) is 24.3 Å². The molecule has 0 bridgehead atoms. The number of hydrogen-bond donors (Lipinski definition) is 2. The van der Waals surface area contributed by atoms with Gasteiger partial charge in [0.05, 0.1) is 0 Å². The van der Waals surface area contributed by atoms with E-state index in [-0.39, 0.29) is 5.91 Å². The molecule has 0 radical (unpaired) electrons. The quantitative estimate of drug-likeness (QED) is 0.725. The number of nitrogens with one attached hydrogen (secondary N) is 2. The summed E-state index contributed by atoms with van der Waals surface area (Å²) >= 11 is 0. The van der Waals surface area contributed by atoms with Crippen LogP contribution in [0.4, 0.5) is 0 Å². The maximum Gasteiger partial charge on any atom is 0.220 e. The molecule has 0 aromatic heterocycles. The Kier molecular flexibility index (Phi) is 7.56. The first kappa shape index (κ1) is 18.0. The zero-order valence-corrected chi connectivity index (χ0v) is 14.6. The van der Waals surface area contributed by atoms with E-state index in [4.69, 9.17) is 0 Å². The highest BCUT2D eigenvalue weighted by Gasteiger charge is 2.19. The molecule has 4 nitrogen and oxygen atoms in total. The van der Waals surface area contributed by atoms with E-state index >= 15 is 0 Å². The fourth-order valence-electron chi connectivity index (χ4n) is 3.20. The second kappa shape index (κ2) is 9.68. The number of hydrogen-bond acceptors (Lipinski definition) is 3. The van der Waals surface area contributed by atoms with Crippen molar-refractivity contribution in [1.29, 1.82) is 0 Å². The van der Waals surface area contributed by atoms with E-state index in [0.717, 1.165) is 19.5 Å². The van der Waals surface area contributed by atoms with Gasteiger partial charge < -0.3 is 10.6 Å². The molecule has 0 saturated carbocycles. The van der Waals surface area contributed by atoms with Crippen molar-refractivity contribution in [3.8, 4) is 0 Å². The van der Waals surface area contributed by atoms with Gasteiger partial charge in [-0.3, -0.25) is 9.69 Å². The highest BCUT2D eigenvalue weighted by atomic mass is 16.1. The number of amides is 1. The smallest absolute Gasteiger partial charge is 0.220 e. The van der Waals surface area contributed by atoms with Gasteiger partial charge in [-0.25, -0.2) is 0 Å². The van der Waals surface area contributed by atoms with Gasteiger partial charge in [0.15, 0.2) is 0 Å². The summed E-state index contributed by atoms with van der Waals surface area (Å²) in [4.78, 5) is 14.5. The van der Waals surface area contributed by atoms with Crippen LogP contribution in [-0.4, -0.2) is 37.0 Å². The number of likely N-dealkylation sites (tertiary alicyclic amines) is 1. The van der Waals surface area contributed by atoms with Crippen LogP contribution in [0.1, 0.15) is 50.2 Å². The topological polar surface area (TPSA) is 44.4 Å². The standard InChI is InChI=1S/C19H31N3O/c1-16-8-5-6-13-22(16)15-18-10-4-3-9-17(18)14-21-19(23)11-7-12-20-2/h3-4,9-10,16,20H,5-8,11-15H2,1-2H3,(H,21,23). The van der Waals surface area contributed by atoms with Gasteiger partial charge in [-0.15, -0.1) is 0 Å². The van der Waals surface area contributed by atoms with Crippen LogP contribution in [0.3, 0.4) is 0 Å². The molecule has 128 valence electrons. The third-order valence-electron chi connectivity index (χ3n) is 4.74. The molecule has 23 heavy (non-hydrogen) atoms. The van der Waals surface area contributed by atoms with E-state index in [1.165, 1.54) is 36.9 Å². The third-order valence-corrected chi connectivity index (χ3v) is 4.74. The molecule has 4 heteroatoms. The summed E-state index contributed by atoms with van der Waals surface area (Å²) < 4.78 is 0. The van der Waals surface area contributed by atoms with Crippen LogP contribution in [0.5, 0.6) is 0 Å². The van der Waals surface area contributed by atoms with Crippen molar-refractivity contribution in [2.45, 2.75) is 58.2 Å². The predicted molar refractivity (Wildman–Crippen MR) is 95.2 cm³/mol. The second-order valence-electron chi connectivity index (χ2n) is 6.57. The zero-order chi connectivity index (χ0) is 16.5. The fraction of sp³-hybridized carbons (Fsp3) is 0.632. The molecule has 1 unspecified atom stereocenters. The monoisotopic (exact) mass is 317 g/mol. The molecule has 2 N–H and O–H groups in total. The maximum atomic E-state index is 11.9. The lowest BCUT2D eigenvalue weighted by Gasteiger charge is -2.33. The molecule has 1 aromatic carbocycles. The van der Waals surface area contributed by atoms with Crippen LogP contribution in [-0.2, 0) is 17.9 Å². The van der Waals surface area contributed by atoms with E-state index in [1.807, 2.05) is 7.05 Å². The van der Waals surface area contributed by atoms with Crippen LogP contribution >= 0.6 is 0 Å². The van der Waals surface area contributed by atoms with E-state index in [1.54, 1.807) is 0 Å². The summed E-state index contributed by atoms with van der Waals surface area (Å²) in [5.74, 6) is 0.140. The number of carbonyl (C=O) groups excluding carboxylic acids is 1. The molecule has 1 saturated heterocycles. The first-order valence-electron chi connectivity index (χ1n) is 8.93. The van der Waals surface area contributed by atoms with Crippen molar-refractivity contribution in [2.24, 2.45) is 0 Å². The lowest BCUT2D eigenvalue weighted by atomic mass is 10.0. The molecule has 1 atom stereocenters. The molecule has 1 heterocycles. The first-order chi connectivity index (χ1) is 11.2. The number of benzene rings is 1. The summed E-state index contributed by atoms with van der Waals surface area (Å²) in [6, 6.07) is 9.16. The average Bonchev–Trinajstić information content (AvgIpc) is 2.56. The summed E-state index contributed by atoms with van der Waals surface area (Å²) in [5.41, 5.74) is 2.59. The van der Waals surface area contributed by atoms with Crippen LogP contribution in [0.2, 0.25) is 0 Å². The van der Waals surface area contributed by atoms with E-state index in [9.17, 15) is 4.79 Å². The SMILES string of the molecule is CNCCCC(=O)NCc1ccccc1CN1CCCCC1C. The number of carbonyl (C=O) groups is 1. The van der Waals surface area contributed by atoms with Gasteiger partial charge in [-0.2, -0.15) is 0 Å². The molecular formula is C19H31N3O. The zero-order valence-electron chi connectivity index (χ0n) is 14.6. The number of nitrogens with zero attached hydrogens (tertiary/aromatic N) is 1. The Morgan fingerprint density at radius 2 is 2.04 bits per heavy atom. The van der Waals surface area contributed by atoms with Crippen molar-refractivity contribution in [3.63, 3.8) is 0 Å². The van der Waals surface area contributed by atoms with Gasteiger partial charge in [0.1, 0.15) is 0 Å². The Bertz CT molecular complexity index is 489. The Balaban J connectivity index is 1.88. The summed E-state index contributed by atoms with van der Waals surface area (Å²) in [7, 11) is 1.91. The summed E-state index contributed by atoms with van der Waals surface area (Å²) in [6.07, 6.45) is 5.42. The van der Waals surface area contributed by atoms with Gasteiger partial charge in [-0.05, 0) is 57.5 Å². The summed E-state index contributed by atoms with van der Waals surface area (Å²) in [5, 5.41) is 6.13. The second-order valence-corrected chi connectivity index (χ2v) is 6.57. The molecule has 1 amide bonds. The van der Waals surface area contributed by atoms with E-state index in [0.29, 0.717) is 19.0 Å². The molecular weight excluding hydrogens is 286 g/mol. The Labute approximate surface area is 140 Å². The van der Waals surface area contributed by atoms with Gasteiger partial charge >= 0.3 is 0 Å². The van der Waals surface area contributed by atoms with Crippen molar-refractivity contribution in [1.82, 2.24) is 15.5 Å². The minimum Gasteiger partial charge on any atom is -0.352 e. The van der Waals surface area contributed by atoms with Crippen LogP contribution in [0.25, 0.3) is 0 Å². The number of rotatable bonds is 8. The molecule has 0 aliphatic carbocycles. The van der Waals surface area contributed by atoms with Crippen molar-refractivity contribution < 1.29 is 4.79 Å². The van der Waals surface area contributed by atoms with Crippen molar-refractivity contribution in [3.05, 3.63) is 35.4 Å². The number of piperidine rings is 1. The van der Waals surface area contributed by atoms with Crippen LogP contribution < -0.4 is 10.6 Å². The molecule has 1 aliphatic heterocycles. The first-order valence-corrected chi connectivity index (χ1v) is 8.93. The Hall–Kier alpha value is -1.39. The molecule has 1 aromatic rings. The minimum atomic E-state index is 0.140.